The van der Waals surface area contributed by atoms with Crippen molar-refractivity contribution in [2.45, 2.75) is 26.3 Å². The van der Waals surface area contributed by atoms with Crippen molar-refractivity contribution in [1.29, 1.82) is 0 Å². The van der Waals surface area contributed by atoms with Crippen LogP contribution >= 0.6 is 0 Å². The van der Waals surface area contributed by atoms with Crippen LogP contribution in [0, 0.1) is 6.92 Å². The van der Waals surface area contributed by atoms with E-state index in [0.717, 1.165) is 27.9 Å². The Morgan fingerprint density at radius 3 is 2.68 bits per heavy atom. The van der Waals surface area contributed by atoms with Crippen molar-refractivity contribution in [2.24, 2.45) is 0 Å². The lowest BCUT2D eigenvalue weighted by atomic mass is 9.95. The Labute approximate surface area is 181 Å². The maximum Gasteiger partial charge on any atom is 0.273 e. The Hall–Kier alpha value is -3.32. The number of amides is 1. The van der Waals surface area contributed by atoms with E-state index in [1.54, 1.807) is 19.2 Å². The van der Waals surface area contributed by atoms with Crippen LogP contribution in [-0.4, -0.2) is 53.0 Å². The predicted octanol–water partition coefficient (Wildman–Crippen LogP) is 4.07. The third-order valence-electron chi connectivity index (χ3n) is 5.54. The zero-order valence-corrected chi connectivity index (χ0v) is 18.0. The molecule has 2 heterocycles. The fraction of sp³-hybridized carbons (Fsp3) is 0.333. The maximum absolute atomic E-state index is 13.3. The molecule has 1 amide bonds. The highest BCUT2D eigenvalue weighted by atomic mass is 16.5. The topological polar surface area (TPSA) is 87.7 Å². The second-order valence-corrected chi connectivity index (χ2v) is 7.63. The first-order valence-electron chi connectivity index (χ1n) is 10.5. The molecule has 4 rings (SSSR count). The van der Waals surface area contributed by atoms with Gasteiger partial charge < -0.3 is 19.5 Å². The van der Waals surface area contributed by atoms with Gasteiger partial charge in [-0.1, -0.05) is 35.9 Å². The summed E-state index contributed by atoms with van der Waals surface area (Å²) < 4.78 is 10.8. The van der Waals surface area contributed by atoms with Gasteiger partial charge in [0.2, 0.25) is 0 Å². The van der Waals surface area contributed by atoms with Gasteiger partial charge in [-0.2, -0.15) is 5.10 Å². The van der Waals surface area contributed by atoms with Crippen LogP contribution in [0.4, 0.5) is 0 Å². The first-order valence-corrected chi connectivity index (χ1v) is 10.5. The fourth-order valence-corrected chi connectivity index (χ4v) is 4.06. The van der Waals surface area contributed by atoms with Crippen LogP contribution < -0.4 is 4.74 Å². The number of fused-ring (bicyclic) bond motifs is 1. The lowest BCUT2D eigenvalue weighted by Crippen LogP contribution is -2.31. The van der Waals surface area contributed by atoms with Gasteiger partial charge in [0.1, 0.15) is 5.69 Å². The van der Waals surface area contributed by atoms with Gasteiger partial charge in [-0.05, 0) is 38.0 Å². The van der Waals surface area contributed by atoms with Gasteiger partial charge in [-0.15, -0.1) is 0 Å². The average Bonchev–Trinajstić information content (AvgIpc) is 3.30. The van der Waals surface area contributed by atoms with E-state index in [1.807, 2.05) is 49.1 Å². The lowest BCUT2D eigenvalue weighted by Gasteiger charge is -2.27. The molecule has 2 aromatic carbocycles. The molecule has 0 radical (unpaired) electrons. The van der Waals surface area contributed by atoms with Crippen LogP contribution in [0.1, 0.15) is 46.6 Å². The molecule has 0 fully saturated rings. The van der Waals surface area contributed by atoms with Gasteiger partial charge in [0, 0.05) is 31.4 Å². The highest BCUT2D eigenvalue weighted by molar-refractivity contribution is 6.00. The molecule has 1 aliphatic rings. The standard InChI is InChI=1S/C24H27N3O4/c1-4-31-19-14-17(10-11-18(19)28)23-20-21(16-8-6-15(2)7-9-16)25-26-22(20)24(29)27(23)12-5-13-30-3/h6-11,14,23,28H,4-5,12-13H2,1-3H3,(H,25,26). The van der Waals surface area contributed by atoms with E-state index in [9.17, 15) is 9.90 Å². The van der Waals surface area contributed by atoms with E-state index < -0.39 is 0 Å². The molecular weight excluding hydrogens is 394 g/mol. The Kier molecular flexibility index (Phi) is 5.95. The second kappa shape index (κ2) is 8.81. The molecular formula is C24H27N3O4. The molecule has 7 heteroatoms. The molecule has 0 spiro atoms. The molecule has 0 bridgehead atoms. The number of rotatable bonds is 8. The summed E-state index contributed by atoms with van der Waals surface area (Å²) in [6.45, 7) is 5.44. The lowest BCUT2D eigenvalue weighted by molar-refractivity contribution is 0.0723. The molecule has 7 nitrogen and oxygen atoms in total. The highest BCUT2D eigenvalue weighted by Crippen LogP contribution is 2.44. The van der Waals surface area contributed by atoms with Gasteiger partial charge in [0.05, 0.1) is 18.3 Å². The monoisotopic (exact) mass is 421 g/mol. The first kappa shape index (κ1) is 20.9. The summed E-state index contributed by atoms with van der Waals surface area (Å²) in [6.07, 6.45) is 0.715. The molecule has 0 aliphatic carbocycles. The number of hydrogen-bond donors (Lipinski definition) is 2. The van der Waals surface area contributed by atoms with E-state index in [4.69, 9.17) is 9.47 Å². The number of aromatic hydroxyl groups is 1. The average molecular weight is 421 g/mol. The first-order chi connectivity index (χ1) is 15.0. The van der Waals surface area contributed by atoms with Gasteiger partial charge in [0.15, 0.2) is 11.5 Å². The number of methoxy groups -OCH3 is 1. The molecule has 2 N–H and O–H groups in total. The van der Waals surface area contributed by atoms with Gasteiger partial charge >= 0.3 is 0 Å². The molecule has 1 aliphatic heterocycles. The molecule has 162 valence electrons. The number of phenols is 1. The minimum atomic E-state index is -0.339. The number of carbonyl (C=O) groups excluding carboxylic acids is 1. The molecule has 1 unspecified atom stereocenters. The molecule has 0 saturated heterocycles. The molecule has 1 atom stereocenters. The van der Waals surface area contributed by atoms with Crippen LogP contribution in [-0.2, 0) is 4.74 Å². The Balaban J connectivity index is 1.82. The number of benzene rings is 2. The number of carbonyl (C=O) groups is 1. The molecule has 0 saturated carbocycles. The van der Waals surface area contributed by atoms with E-state index >= 15 is 0 Å². The highest BCUT2D eigenvalue weighted by Gasteiger charge is 2.42. The summed E-state index contributed by atoms with van der Waals surface area (Å²) in [5, 5.41) is 17.6. The van der Waals surface area contributed by atoms with E-state index in [-0.39, 0.29) is 17.7 Å². The third-order valence-corrected chi connectivity index (χ3v) is 5.54. The fourth-order valence-electron chi connectivity index (χ4n) is 4.06. The normalized spacial score (nSPS) is 15.4. The van der Waals surface area contributed by atoms with Crippen molar-refractivity contribution in [3.63, 3.8) is 0 Å². The number of aryl methyl sites for hydroxylation is 1. The number of ether oxygens (including phenoxy) is 2. The van der Waals surface area contributed by atoms with Crippen LogP contribution in [0.5, 0.6) is 11.5 Å². The summed E-state index contributed by atoms with van der Waals surface area (Å²) in [6, 6.07) is 13.0. The zero-order chi connectivity index (χ0) is 22.0. The quantitative estimate of drug-likeness (QED) is 0.536. The predicted molar refractivity (Wildman–Crippen MR) is 117 cm³/mol. The summed E-state index contributed by atoms with van der Waals surface area (Å²) in [5.74, 6) is 0.387. The number of nitrogens with zero attached hydrogens (tertiary/aromatic N) is 2. The van der Waals surface area contributed by atoms with Gasteiger partial charge in [-0.25, -0.2) is 0 Å². The van der Waals surface area contributed by atoms with Crippen LogP contribution in [0.15, 0.2) is 42.5 Å². The number of nitrogens with one attached hydrogen (secondary N) is 1. The Bertz CT molecular complexity index is 1070. The number of aromatic amines is 1. The van der Waals surface area contributed by atoms with Crippen molar-refractivity contribution < 1.29 is 19.4 Å². The van der Waals surface area contributed by atoms with Crippen molar-refractivity contribution in [3.8, 4) is 22.8 Å². The number of H-pyrrole nitrogens is 1. The molecule has 1 aromatic heterocycles. The number of aromatic nitrogens is 2. The Morgan fingerprint density at radius 2 is 1.97 bits per heavy atom. The minimum absolute atomic E-state index is 0.0760. The van der Waals surface area contributed by atoms with Gasteiger partial charge in [-0.3, -0.25) is 9.89 Å². The van der Waals surface area contributed by atoms with Crippen molar-refractivity contribution in [1.82, 2.24) is 15.1 Å². The van der Waals surface area contributed by atoms with Crippen LogP contribution in [0.3, 0.4) is 0 Å². The number of phenolic OH excluding ortho intramolecular Hbond substituents is 1. The third kappa shape index (κ3) is 3.88. The summed E-state index contributed by atoms with van der Waals surface area (Å²) >= 11 is 0. The Morgan fingerprint density at radius 1 is 1.19 bits per heavy atom. The van der Waals surface area contributed by atoms with E-state index in [2.05, 4.69) is 10.2 Å². The molecule has 3 aromatic rings. The van der Waals surface area contributed by atoms with Crippen molar-refractivity contribution >= 4 is 5.91 Å². The van der Waals surface area contributed by atoms with Crippen LogP contribution in [0.25, 0.3) is 11.3 Å². The number of hydrogen-bond acceptors (Lipinski definition) is 5. The van der Waals surface area contributed by atoms with E-state index in [0.29, 0.717) is 37.6 Å². The van der Waals surface area contributed by atoms with Crippen LogP contribution in [0.2, 0.25) is 0 Å². The summed E-state index contributed by atoms with van der Waals surface area (Å²) in [5.41, 5.74) is 5.07. The summed E-state index contributed by atoms with van der Waals surface area (Å²) in [7, 11) is 1.65. The van der Waals surface area contributed by atoms with Gasteiger partial charge in [0.25, 0.3) is 5.91 Å². The van der Waals surface area contributed by atoms with E-state index in [1.165, 1.54) is 0 Å². The largest absolute Gasteiger partial charge is 0.504 e. The maximum atomic E-state index is 13.3. The van der Waals surface area contributed by atoms with Crippen molar-refractivity contribution in [2.75, 3.05) is 26.9 Å². The molecule has 31 heavy (non-hydrogen) atoms. The second-order valence-electron chi connectivity index (χ2n) is 7.63. The SMILES string of the molecule is CCOc1cc(C2c3c(-c4ccc(C)cc4)n[nH]c3C(=O)N2CCCOC)ccc1O. The van der Waals surface area contributed by atoms with Crippen molar-refractivity contribution in [3.05, 3.63) is 64.8 Å². The summed E-state index contributed by atoms with van der Waals surface area (Å²) in [4.78, 5) is 15.1. The minimum Gasteiger partial charge on any atom is -0.504 e. The zero-order valence-electron chi connectivity index (χ0n) is 18.0. The smallest absolute Gasteiger partial charge is 0.273 e.